The van der Waals surface area contributed by atoms with Crippen molar-refractivity contribution in [3.05, 3.63) is 62.7 Å². The van der Waals surface area contributed by atoms with Gasteiger partial charge in [0.15, 0.2) is 0 Å². The van der Waals surface area contributed by atoms with Crippen LogP contribution in [0.4, 0.5) is 4.39 Å². The molecule has 0 bridgehead atoms. The Bertz CT molecular complexity index is 704. The van der Waals surface area contributed by atoms with Gasteiger partial charge in [-0.05, 0) is 24.3 Å². The predicted octanol–water partition coefficient (Wildman–Crippen LogP) is 1.52. The molecule has 0 radical (unpaired) electrons. The highest BCUT2D eigenvalue weighted by molar-refractivity contribution is 7.98. The predicted molar refractivity (Wildman–Crippen MR) is 72.9 cm³/mol. The SMILES string of the molecule is Cn1c(CSc2ccc(F)cc2)cc(=O)n(C)c1=O. The first-order chi connectivity index (χ1) is 8.99. The highest BCUT2D eigenvalue weighted by Gasteiger charge is 2.06. The molecule has 0 aliphatic rings. The van der Waals surface area contributed by atoms with Crippen LogP contribution in [0.3, 0.4) is 0 Å². The van der Waals surface area contributed by atoms with Crippen LogP contribution in [0.1, 0.15) is 5.69 Å². The van der Waals surface area contributed by atoms with Crippen molar-refractivity contribution in [1.82, 2.24) is 9.13 Å². The maximum atomic E-state index is 12.8. The lowest BCUT2D eigenvalue weighted by Gasteiger charge is -2.09. The molecule has 0 aliphatic heterocycles. The standard InChI is InChI=1S/C13H13FN2O2S/c1-15-10(7-12(17)16(2)13(15)18)8-19-11-5-3-9(14)4-6-11/h3-7H,8H2,1-2H3. The molecule has 0 saturated heterocycles. The third-order valence-electron chi connectivity index (χ3n) is 2.83. The minimum Gasteiger partial charge on any atom is -0.300 e. The van der Waals surface area contributed by atoms with E-state index in [9.17, 15) is 14.0 Å². The van der Waals surface area contributed by atoms with E-state index in [-0.39, 0.29) is 17.1 Å². The first-order valence-electron chi connectivity index (χ1n) is 5.63. The normalized spacial score (nSPS) is 10.7. The van der Waals surface area contributed by atoms with Crippen molar-refractivity contribution in [2.45, 2.75) is 10.6 Å². The van der Waals surface area contributed by atoms with E-state index in [2.05, 4.69) is 0 Å². The summed E-state index contributed by atoms with van der Waals surface area (Å²) in [4.78, 5) is 24.2. The van der Waals surface area contributed by atoms with E-state index in [0.717, 1.165) is 9.46 Å². The zero-order valence-electron chi connectivity index (χ0n) is 10.6. The molecule has 1 aromatic carbocycles. The monoisotopic (exact) mass is 280 g/mol. The van der Waals surface area contributed by atoms with Crippen molar-refractivity contribution in [3.63, 3.8) is 0 Å². The molecular weight excluding hydrogens is 267 g/mol. The molecule has 100 valence electrons. The zero-order valence-corrected chi connectivity index (χ0v) is 11.4. The summed E-state index contributed by atoms with van der Waals surface area (Å²) in [5.74, 6) is 0.193. The van der Waals surface area contributed by atoms with Gasteiger partial charge in [0.05, 0.1) is 0 Å². The molecular formula is C13H13FN2O2S. The summed E-state index contributed by atoms with van der Waals surface area (Å²) in [7, 11) is 3.07. The van der Waals surface area contributed by atoms with E-state index in [1.54, 1.807) is 19.2 Å². The Morgan fingerprint density at radius 1 is 1.11 bits per heavy atom. The van der Waals surface area contributed by atoms with Crippen molar-refractivity contribution in [2.75, 3.05) is 0 Å². The van der Waals surface area contributed by atoms with Crippen LogP contribution in [-0.2, 0) is 19.8 Å². The van der Waals surface area contributed by atoms with Gasteiger partial charge in [-0.3, -0.25) is 13.9 Å². The van der Waals surface area contributed by atoms with Crippen LogP contribution in [0.2, 0.25) is 0 Å². The maximum absolute atomic E-state index is 12.8. The third kappa shape index (κ3) is 2.96. The lowest BCUT2D eigenvalue weighted by Crippen LogP contribution is -2.37. The Kier molecular flexibility index (Phi) is 3.90. The Morgan fingerprint density at radius 3 is 2.37 bits per heavy atom. The topological polar surface area (TPSA) is 44.0 Å². The third-order valence-corrected chi connectivity index (χ3v) is 3.87. The van der Waals surface area contributed by atoms with E-state index in [1.165, 1.54) is 41.6 Å². The number of hydrogen-bond acceptors (Lipinski definition) is 3. The number of benzene rings is 1. The molecule has 6 heteroatoms. The largest absolute Gasteiger partial charge is 0.330 e. The van der Waals surface area contributed by atoms with Gasteiger partial charge in [-0.25, -0.2) is 9.18 Å². The zero-order chi connectivity index (χ0) is 14.0. The minimum absolute atomic E-state index is 0.287. The average molecular weight is 280 g/mol. The van der Waals surface area contributed by atoms with Gasteiger partial charge in [0.2, 0.25) is 0 Å². The van der Waals surface area contributed by atoms with Gasteiger partial charge in [-0.15, -0.1) is 11.8 Å². The number of nitrogens with zero attached hydrogens (tertiary/aromatic N) is 2. The number of thioether (sulfide) groups is 1. The van der Waals surface area contributed by atoms with Crippen LogP contribution in [0.25, 0.3) is 0 Å². The summed E-state index contributed by atoms with van der Waals surface area (Å²) < 4.78 is 15.3. The quantitative estimate of drug-likeness (QED) is 0.801. The lowest BCUT2D eigenvalue weighted by atomic mass is 10.4. The smallest absolute Gasteiger partial charge is 0.300 e. The van der Waals surface area contributed by atoms with E-state index >= 15 is 0 Å². The lowest BCUT2D eigenvalue weighted by molar-refractivity contribution is 0.626. The van der Waals surface area contributed by atoms with E-state index in [1.807, 2.05) is 0 Å². The van der Waals surface area contributed by atoms with Gasteiger partial charge in [0.25, 0.3) is 5.56 Å². The summed E-state index contributed by atoms with van der Waals surface area (Å²) in [6.45, 7) is 0. The fraction of sp³-hybridized carbons (Fsp3) is 0.231. The van der Waals surface area contributed by atoms with Crippen LogP contribution >= 0.6 is 11.8 Å². The molecule has 0 aliphatic carbocycles. The number of rotatable bonds is 3. The summed E-state index contributed by atoms with van der Waals surface area (Å²) in [5, 5.41) is 0. The second-order valence-electron chi connectivity index (χ2n) is 4.12. The Hall–Kier alpha value is -1.82. The molecule has 0 fully saturated rings. The minimum atomic E-state index is -0.345. The Balaban J connectivity index is 2.23. The second-order valence-corrected chi connectivity index (χ2v) is 5.17. The molecule has 0 saturated carbocycles. The molecule has 1 heterocycles. The van der Waals surface area contributed by atoms with Crippen molar-refractivity contribution in [3.8, 4) is 0 Å². The van der Waals surface area contributed by atoms with Gasteiger partial charge in [0, 0.05) is 36.5 Å². The van der Waals surface area contributed by atoms with Crippen molar-refractivity contribution in [1.29, 1.82) is 0 Å². The summed E-state index contributed by atoms with van der Waals surface area (Å²) in [5.41, 5.74) is -0.0255. The molecule has 19 heavy (non-hydrogen) atoms. The van der Waals surface area contributed by atoms with E-state index in [4.69, 9.17) is 0 Å². The van der Waals surface area contributed by atoms with Crippen molar-refractivity contribution < 1.29 is 4.39 Å². The van der Waals surface area contributed by atoms with Gasteiger partial charge < -0.3 is 0 Å². The summed E-state index contributed by atoms with van der Waals surface area (Å²) in [6.07, 6.45) is 0. The molecule has 2 aromatic rings. The molecule has 1 aromatic heterocycles. The maximum Gasteiger partial charge on any atom is 0.330 e. The van der Waals surface area contributed by atoms with Crippen molar-refractivity contribution >= 4 is 11.8 Å². The summed E-state index contributed by atoms with van der Waals surface area (Å²) >= 11 is 1.45. The van der Waals surface area contributed by atoms with Crippen LogP contribution in [0.15, 0.2) is 44.8 Å². The van der Waals surface area contributed by atoms with E-state index < -0.39 is 0 Å². The van der Waals surface area contributed by atoms with Crippen molar-refractivity contribution in [2.24, 2.45) is 14.1 Å². The highest BCUT2D eigenvalue weighted by atomic mass is 32.2. The molecule has 0 N–H and O–H groups in total. The number of halogens is 1. The van der Waals surface area contributed by atoms with Crippen LogP contribution in [0.5, 0.6) is 0 Å². The van der Waals surface area contributed by atoms with Gasteiger partial charge in [0.1, 0.15) is 5.82 Å². The van der Waals surface area contributed by atoms with E-state index in [0.29, 0.717) is 11.4 Å². The van der Waals surface area contributed by atoms with Gasteiger partial charge >= 0.3 is 5.69 Å². The molecule has 0 unspecified atom stereocenters. The average Bonchev–Trinajstić information content (AvgIpc) is 2.41. The van der Waals surface area contributed by atoms with Gasteiger partial charge in [-0.2, -0.15) is 0 Å². The van der Waals surface area contributed by atoms with Crippen LogP contribution < -0.4 is 11.2 Å². The Labute approximate surface area is 113 Å². The van der Waals surface area contributed by atoms with Gasteiger partial charge in [-0.1, -0.05) is 0 Å². The fourth-order valence-electron chi connectivity index (χ4n) is 1.60. The van der Waals surface area contributed by atoms with Crippen LogP contribution in [0, 0.1) is 5.82 Å². The Morgan fingerprint density at radius 2 is 1.74 bits per heavy atom. The second kappa shape index (κ2) is 5.44. The first kappa shape index (κ1) is 13.6. The molecule has 0 spiro atoms. The molecule has 4 nitrogen and oxygen atoms in total. The number of aromatic nitrogens is 2. The first-order valence-corrected chi connectivity index (χ1v) is 6.62. The molecule has 0 atom stereocenters. The number of hydrogen-bond donors (Lipinski definition) is 0. The highest BCUT2D eigenvalue weighted by Crippen LogP contribution is 2.21. The molecule has 2 rings (SSSR count). The fourth-order valence-corrected chi connectivity index (χ4v) is 2.52. The summed E-state index contributed by atoms with van der Waals surface area (Å²) in [6, 6.07) is 7.53. The molecule has 0 amide bonds. The van der Waals surface area contributed by atoms with Crippen LogP contribution in [-0.4, -0.2) is 9.13 Å².